The fourth-order valence-corrected chi connectivity index (χ4v) is 4.99. The molecule has 6 heteroatoms. The van der Waals surface area contributed by atoms with E-state index in [-0.39, 0.29) is 12.0 Å². The number of rotatable bonds is 6. The van der Waals surface area contributed by atoms with Crippen LogP contribution in [0.4, 0.5) is 4.79 Å². The predicted octanol–water partition coefficient (Wildman–Crippen LogP) is 6.01. The van der Waals surface area contributed by atoms with Crippen LogP contribution in [0, 0.1) is 5.41 Å². The summed E-state index contributed by atoms with van der Waals surface area (Å²) in [4.78, 5) is 13.2. The molecule has 6 nitrogen and oxygen atoms in total. The van der Waals surface area contributed by atoms with Gasteiger partial charge in [-0.15, -0.1) is 0 Å². The molecule has 4 rings (SSSR count). The molecule has 3 aromatic rings. The van der Waals surface area contributed by atoms with Gasteiger partial charge in [-0.05, 0) is 54.8 Å². The zero-order valence-electron chi connectivity index (χ0n) is 19.9. The van der Waals surface area contributed by atoms with Gasteiger partial charge in [-0.25, -0.2) is 4.79 Å². The maximum absolute atomic E-state index is 11.8. The van der Waals surface area contributed by atoms with Crippen molar-refractivity contribution >= 4 is 6.09 Å². The number of carbonyl (C=O) groups is 1. The van der Waals surface area contributed by atoms with Crippen molar-refractivity contribution in [1.82, 2.24) is 4.90 Å². The zero-order valence-corrected chi connectivity index (χ0v) is 19.9. The standard InChI is InChI=1S/C28H31NO5/c1-18-28(3,19(2)30)24(17-29(18)27(31)32)22-12-15-25(33-4)26(16-22)34-23-13-10-21(11-14-23)20-8-6-5-7-9-20/h5-16,18-19,24,30H,17H2,1-4H3,(H,31,32)/t18?,19-,24+,28+/m1/s1. The first-order chi connectivity index (χ1) is 16.3. The molecular formula is C28H31NO5. The maximum Gasteiger partial charge on any atom is 0.407 e. The van der Waals surface area contributed by atoms with Gasteiger partial charge < -0.3 is 24.6 Å². The topological polar surface area (TPSA) is 79.2 Å². The van der Waals surface area contributed by atoms with Gasteiger partial charge in [0.15, 0.2) is 11.5 Å². The van der Waals surface area contributed by atoms with Gasteiger partial charge in [0.25, 0.3) is 0 Å². The summed E-state index contributed by atoms with van der Waals surface area (Å²) in [7, 11) is 1.59. The van der Waals surface area contributed by atoms with E-state index in [2.05, 4.69) is 12.1 Å². The molecule has 0 aliphatic carbocycles. The third kappa shape index (κ3) is 4.21. The highest BCUT2D eigenvalue weighted by molar-refractivity contribution is 5.67. The Balaban J connectivity index is 1.65. The molecule has 0 spiro atoms. The van der Waals surface area contributed by atoms with E-state index < -0.39 is 17.6 Å². The molecule has 0 saturated carbocycles. The van der Waals surface area contributed by atoms with E-state index in [1.807, 2.05) is 74.5 Å². The molecule has 2 N–H and O–H groups in total. The molecule has 1 saturated heterocycles. The largest absolute Gasteiger partial charge is 0.493 e. The van der Waals surface area contributed by atoms with E-state index in [9.17, 15) is 15.0 Å². The zero-order chi connectivity index (χ0) is 24.5. The lowest BCUT2D eigenvalue weighted by molar-refractivity contribution is 0.0204. The molecule has 0 aromatic heterocycles. The number of aliphatic hydroxyl groups is 1. The van der Waals surface area contributed by atoms with Crippen LogP contribution in [0.25, 0.3) is 11.1 Å². The molecule has 34 heavy (non-hydrogen) atoms. The fourth-order valence-electron chi connectivity index (χ4n) is 4.99. The quantitative estimate of drug-likeness (QED) is 0.470. The van der Waals surface area contributed by atoms with Gasteiger partial charge in [0.2, 0.25) is 0 Å². The SMILES string of the molecule is COc1ccc([C@@H]2CN(C(=O)O)C(C)[C@@]2(C)[C@@H](C)O)cc1Oc1ccc(-c2ccccc2)cc1. The molecule has 0 radical (unpaired) electrons. The van der Waals surface area contributed by atoms with Crippen LogP contribution in [0.3, 0.4) is 0 Å². The second-order valence-corrected chi connectivity index (χ2v) is 9.11. The highest BCUT2D eigenvalue weighted by atomic mass is 16.5. The number of amides is 1. The Kier molecular flexibility index (Phi) is 6.53. The second-order valence-electron chi connectivity index (χ2n) is 9.11. The van der Waals surface area contributed by atoms with Crippen molar-refractivity contribution in [2.75, 3.05) is 13.7 Å². The molecule has 1 unspecified atom stereocenters. The van der Waals surface area contributed by atoms with Crippen molar-refractivity contribution in [3.05, 3.63) is 78.4 Å². The number of hydrogen-bond donors (Lipinski definition) is 2. The van der Waals surface area contributed by atoms with Crippen molar-refractivity contribution in [3.8, 4) is 28.4 Å². The van der Waals surface area contributed by atoms with Crippen molar-refractivity contribution in [2.24, 2.45) is 5.41 Å². The Morgan fingerprint density at radius 1 is 1.03 bits per heavy atom. The Morgan fingerprint density at radius 3 is 2.26 bits per heavy atom. The third-order valence-corrected chi connectivity index (χ3v) is 7.42. The number of methoxy groups -OCH3 is 1. The molecule has 178 valence electrons. The number of benzene rings is 3. The van der Waals surface area contributed by atoms with Crippen LogP contribution in [0.2, 0.25) is 0 Å². The van der Waals surface area contributed by atoms with Gasteiger partial charge in [-0.3, -0.25) is 0 Å². The third-order valence-electron chi connectivity index (χ3n) is 7.42. The number of hydrogen-bond acceptors (Lipinski definition) is 4. The Labute approximate surface area is 200 Å². The van der Waals surface area contributed by atoms with E-state index >= 15 is 0 Å². The van der Waals surface area contributed by atoms with Gasteiger partial charge in [0.1, 0.15) is 5.75 Å². The van der Waals surface area contributed by atoms with Crippen molar-refractivity contribution in [2.45, 2.75) is 38.8 Å². The lowest BCUT2D eigenvalue weighted by atomic mass is 9.69. The first-order valence-corrected chi connectivity index (χ1v) is 11.4. The minimum atomic E-state index is -0.981. The van der Waals surface area contributed by atoms with E-state index in [0.717, 1.165) is 16.7 Å². The number of carboxylic acid groups (broad SMARTS) is 1. The van der Waals surface area contributed by atoms with Crippen LogP contribution in [0.5, 0.6) is 17.2 Å². The second kappa shape index (κ2) is 9.39. The molecule has 1 fully saturated rings. The van der Waals surface area contributed by atoms with Crippen LogP contribution < -0.4 is 9.47 Å². The van der Waals surface area contributed by atoms with Gasteiger partial charge in [-0.2, -0.15) is 0 Å². The maximum atomic E-state index is 11.8. The van der Waals surface area contributed by atoms with Gasteiger partial charge in [0, 0.05) is 23.9 Å². The van der Waals surface area contributed by atoms with Gasteiger partial charge in [0.05, 0.1) is 13.2 Å². The van der Waals surface area contributed by atoms with Crippen LogP contribution in [0.1, 0.15) is 32.3 Å². The Bertz CT molecular complexity index is 1150. The molecule has 1 heterocycles. The molecule has 1 aliphatic rings. The summed E-state index contributed by atoms with van der Waals surface area (Å²) in [5, 5.41) is 20.4. The van der Waals surface area contributed by atoms with Crippen molar-refractivity contribution in [1.29, 1.82) is 0 Å². The van der Waals surface area contributed by atoms with Gasteiger partial charge >= 0.3 is 6.09 Å². The molecule has 4 atom stereocenters. The van der Waals surface area contributed by atoms with E-state index in [0.29, 0.717) is 23.8 Å². The van der Waals surface area contributed by atoms with E-state index in [1.54, 1.807) is 14.0 Å². The average molecular weight is 462 g/mol. The molecule has 0 bridgehead atoms. The minimum Gasteiger partial charge on any atom is -0.493 e. The monoisotopic (exact) mass is 461 g/mol. The number of likely N-dealkylation sites (tertiary alicyclic amines) is 1. The lowest BCUT2D eigenvalue weighted by Gasteiger charge is -2.38. The molecule has 1 amide bonds. The van der Waals surface area contributed by atoms with Crippen molar-refractivity contribution < 1.29 is 24.5 Å². The number of ether oxygens (including phenoxy) is 2. The summed E-state index contributed by atoms with van der Waals surface area (Å²) >= 11 is 0. The summed E-state index contributed by atoms with van der Waals surface area (Å²) in [6.45, 7) is 5.83. The van der Waals surface area contributed by atoms with Gasteiger partial charge in [-0.1, -0.05) is 55.5 Å². The summed E-state index contributed by atoms with van der Waals surface area (Å²) in [5.74, 6) is 1.59. The normalized spacial score (nSPS) is 22.9. The van der Waals surface area contributed by atoms with Crippen LogP contribution in [-0.4, -0.2) is 47.0 Å². The summed E-state index contributed by atoms with van der Waals surface area (Å²) in [6.07, 6.45) is -1.68. The Morgan fingerprint density at radius 2 is 1.68 bits per heavy atom. The first kappa shape index (κ1) is 23.6. The highest BCUT2D eigenvalue weighted by Crippen LogP contribution is 2.50. The molecule has 1 aliphatic heterocycles. The summed E-state index contributed by atoms with van der Waals surface area (Å²) < 4.78 is 11.7. The molecular weight excluding hydrogens is 430 g/mol. The van der Waals surface area contributed by atoms with E-state index in [4.69, 9.17) is 9.47 Å². The van der Waals surface area contributed by atoms with Crippen molar-refractivity contribution in [3.63, 3.8) is 0 Å². The van der Waals surface area contributed by atoms with Crippen LogP contribution >= 0.6 is 0 Å². The summed E-state index contributed by atoms with van der Waals surface area (Å²) in [5.41, 5.74) is 2.47. The molecule has 3 aromatic carbocycles. The predicted molar refractivity (Wildman–Crippen MR) is 132 cm³/mol. The smallest absolute Gasteiger partial charge is 0.407 e. The first-order valence-electron chi connectivity index (χ1n) is 11.4. The van der Waals surface area contributed by atoms with Crippen LogP contribution in [-0.2, 0) is 0 Å². The lowest BCUT2D eigenvalue weighted by Crippen LogP contribution is -2.45. The van der Waals surface area contributed by atoms with Crippen LogP contribution in [0.15, 0.2) is 72.8 Å². The minimum absolute atomic E-state index is 0.202. The number of aliphatic hydroxyl groups excluding tert-OH is 1. The Hall–Kier alpha value is -3.51. The number of nitrogens with zero attached hydrogens (tertiary/aromatic N) is 1. The highest BCUT2D eigenvalue weighted by Gasteiger charge is 2.53. The van der Waals surface area contributed by atoms with E-state index in [1.165, 1.54) is 4.90 Å². The summed E-state index contributed by atoms with van der Waals surface area (Å²) in [6, 6.07) is 23.3. The fraction of sp³-hybridized carbons (Fsp3) is 0.321. The average Bonchev–Trinajstić information content (AvgIpc) is 3.12.